The number of carbonyl (C=O) groups excluding carboxylic acids is 2. The maximum absolute atomic E-state index is 14.0. The van der Waals surface area contributed by atoms with Gasteiger partial charge >= 0.3 is 0 Å². The van der Waals surface area contributed by atoms with Crippen molar-refractivity contribution in [3.8, 4) is 6.07 Å². The van der Waals surface area contributed by atoms with Crippen LogP contribution < -0.4 is 10.2 Å². The molecule has 0 unspecified atom stereocenters. The Labute approximate surface area is 193 Å². The quantitative estimate of drug-likeness (QED) is 0.427. The summed E-state index contributed by atoms with van der Waals surface area (Å²) in [6.07, 6.45) is 0.282. The molecule has 2 amide bonds. The monoisotopic (exact) mass is 461 g/mol. The van der Waals surface area contributed by atoms with E-state index in [1.807, 2.05) is 6.07 Å². The normalized spacial score (nSPS) is 16.9. The number of nitrogens with zero attached hydrogens (tertiary/aromatic N) is 2. The van der Waals surface area contributed by atoms with Gasteiger partial charge in [0.15, 0.2) is 0 Å². The van der Waals surface area contributed by atoms with Crippen molar-refractivity contribution in [2.45, 2.75) is 11.7 Å². The minimum absolute atomic E-state index is 0.0701. The minimum Gasteiger partial charge on any atom is -0.319 e. The molecule has 8 heteroatoms. The van der Waals surface area contributed by atoms with Crippen molar-refractivity contribution in [1.82, 2.24) is 0 Å². The third-order valence-electron chi connectivity index (χ3n) is 4.98. The fourth-order valence-electron chi connectivity index (χ4n) is 3.38. The smallest absolute Gasteiger partial charge is 0.269 e. The molecule has 0 saturated carbocycles. The zero-order valence-corrected chi connectivity index (χ0v) is 18.0. The minimum atomic E-state index is -0.818. The van der Waals surface area contributed by atoms with Crippen molar-refractivity contribution in [2.24, 2.45) is 0 Å². The number of carbonyl (C=O) groups is 2. The molecule has 1 N–H and O–H groups in total. The number of hydrogen-bond acceptors (Lipinski definition) is 4. The van der Waals surface area contributed by atoms with Crippen molar-refractivity contribution in [1.29, 1.82) is 5.26 Å². The maximum atomic E-state index is 14.0. The lowest BCUT2D eigenvalue weighted by Gasteiger charge is -2.18. The van der Waals surface area contributed by atoms with Crippen LogP contribution in [0.15, 0.2) is 89.5 Å². The van der Waals surface area contributed by atoms with Crippen LogP contribution in [0, 0.1) is 23.0 Å². The number of para-hydroxylation sites is 2. The van der Waals surface area contributed by atoms with Gasteiger partial charge in [-0.05, 0) is 48.4 Å². The molecule has 1 aliphatic heterocycles. The van der Waals surface area contributed by atoms with Crippen molar-refractivity contribution in [3.05, 3.63) is 107 Å². The summed E-state index contributed by atoms with van der Waals surface area (Å²) in [5, 5.41) is 11.7. The third kappa shape index (κ3) is 4.78. The second-order valence-corrected chi connectivity index (χ2v) is 8.36. The van der Waals surface area contributed by atoms with Crippen LogP contribution in [0.25, 0.3) is 0 Å². The Morgan fingerprint density at radius 3 is 2.33 bits per heavy atom. The van der Waals surface area contributed by atoms with E-state index in [1.54, 1.807) is 48.5 Å². The Kier molecular flexibility index (Phi) is 6.52. The Morgan fingerprint density at radius 2 is 1.67 bits per heavy atom. The lowest BCUT2D eigenvalue weighted by molar-refractivity contribution is -0.117. The molecule has 0 bridgehead atoms. The highest BCUT2D eigenvalue weighted by Crippen LogP contribution is 2.42. The molecule has 1 saturated heterocycles. The number of hydrogen-bond donors (Lipinski definition) is 1. The number of amides is 2. The standard InChI is InChI=1S/C25H17F2N3O2S/c26-17-12-10-16(11-13-17)14-22-24(32)30(18-6-2-1-3-7-18)25(33-22)19(15-28)23(31)29-21-9-5-4-8-20(21)27/h1-13,22H,14H2,(H,29,31)/b25-19-/t22-/m1/s1. The first-order chi connectivity index (χ1) is 16.0. The largest absolute Gasteiger partial charge is 0.319 e. The van der Waals surface area contributed by atoms with E-state index in [0.29, 0.717) is 5.69 Å². The molecule has 1 aliphatic rings. The van der Waals surface area contributed by atoms with Gasteiger partial charge in [0.2, 0.25) is 5.91 Å². The van der Waals surface area contributed by atoms with Gasteiger partial charge in [-0.25, -0.2) is 8.78 Å². The number of rotatable bonds is 5. The number of nitrogens with one attached hydrogen (secondary N) is 1. The van der Waals surface area contributed by atoms with E-state index < -0.39 is 17.0 Å². The number of thioether (sulfide) groups is 1. The zero-order chi connectivity index (χ0) is 23.4. The van der Waals surface area contributed by atoms with Crippen LogP contribution in [0.2, 0.25) is 0 Å². The Bertz CT molecular complexity index is 1270. The first-order valence-corrected chi connectivity index (χ1v) is 10.9. The average molecular weight is 461 g/mol. The van der Waals surface area contributed by atoms with Gasteiger partial charge in [-0.3, -0.25) is 14.5 Å². The fraction of sp³-hybridized carbons (Fsp3) is 0.0800. The molecule has 0 radical (unpaired) electrons. The van der Waals surface area contributed by atoms with Gasteiger partial charge in [0.25, 0.3) is 5.91 Å². The molecule has 0 aromatic heterocycles. The first kappa shape index (κ1) is 22.2. The van der Waals surface area contributed by atoms with Crippen molar-refractivity contribution in [3.63, 3.8) is 0 Å². The van der Waals surface area contributed by atoms with Crippen LogP contribution in [-0.4, -0.2) is 17.1 Å². The van der Waals surface area contributed by atoms with Gasteiger partial charge in [0.1, 0.15) is 28.3 Å². The lowest BCUT2D eigenvalue weighted by Crippen LogP contribution is -2.30. The van der Waals surface area contributed by atoms with Crippen LogP contribution >= 0.6 is 11.8 Å². The van der Waals surface area contributed by atoms with Gasteiger partial charge in [-0.1, -0.05) is 54.2 Å². The molecule has 164 valence electrons. The Hall–Kier alpha value is -3.96. The Morgan fingerprint density at radius 1 is 1.00 bits per heavy atom. The third-order valence-corrected chi connectivity index (χ3v) is 6.24. The molecule has 0 spiro atoms. The van der Waals surface area contributed by atoms with Gasteiger partial charge in [0.05, 0.1) is 10.9 Å². The van der Waals surface area contributed by atoms with Crippen LogP contribution in [-0.2, 0) is 16.0 Å². The van der Waals surface area contributed by atoms with E-state index in [4.69, 9.17) is 0 Å². The average Bonchev–Trinajstić information content (AvgIpc) is 3.13. The molecule has 33 heavy (non-hydrogen) atoms. The summed E-state index contributed by atoms with van der Waals surface area (Å²) < 4.78 is 27.3. The summed E-state index contributed by atoms with van der Waals surface area (Å²) in [6.45, 7) is 0. The highest BCUT2D eigenvalue weighted by molar-refractivity contribution is 8.05. The molecule has 4 rings (SSSR count). The van der Waals surface area contributed by atoms with E-state index in [1.165, 1.54) is 35.2 Å². The zero-order valence-electron chi connectivity index (χ0n) is 17.2. The van der Waals surface area contributed by atoms with Crippen LogP contribution in [0.5, 0.6) is 0 Å². The molecule has 3 aromatic carbocycles. The summed E-state index contributed by atoms with van der Waals surface area (Å²) in [4.78, 5) is 27.6. The van der Waals surface area contributed by atoms with Crippen molar-refractivity contribution in [2.75, 3.05) is 10.2 Å². The molecule has 1 heterocycles. The van der Waals surface area contributed by atoms with E-state index in [-0.39, 0.29) is 34.4 Å². The van der Waals surface area contributed by atoms with Gasteiger partial charge in [-0.15, -0.1) is 0 Å². The lowest BCUT2D eigenvalue weighted by atomic mass is 10.1. The summed E-state index contributed by atoms with van der Waals surface area (Å²) >= 11 is 1.08. The second kappa shape index (κ2) is 9.67. The van der Waals surface area contributed by atoms with Gasteiger partial charge in [-0.2, -0.15) is 5.26 Å². The predicted octanol–water partition coefficient (Wildman–Crippen LogP) is 5.03. The van der Waals surface area contributed by atoms with E-state index >= 15 is 0 Å². The van der Waals surface area contributed by atoms with E-state index in [2.05, 4.69) is 5.32 Å². The van der Waals surface area contributed by atoms with E-state index in [0.717, 1.165) is 17.3 Å². The van der Waals surface area contributed by atoms with Gasteiger partial charge < -0.3 is 5.32 Å². The second-order valence-electron chi connectivity index (χ2n) is 7.17. The van der Waals surface area contributed by atoms with Crippen molar-refractivity contribution < 1.29 is 18.4 Å². The summed E-state index contributed by atoms with van der Waals surface area (Å²) in [7, 11) is 0. The molecule has 1 atom stereocenters. The van der Waals surface area contributed by atoms with Crippen LogP contribution in [0.1, 0.15) is 5.56 Å². The maximum Gasteiger partial charge on any atom is 0.269 e. The number of halogens is 2. The number of benzene rings is 3. The highest BCUT2D eigenvalue weighted by Gasteiger charge is 2.40. The summed E-state index contributed by atoms with van der Waals surface area (Å²) in [6, 6.07) is 22.0. The predicted molar refractivity (Wildman–Crippen MR) is 123 cm³/mol. The fourth-order valence-corrected chi connectivity index (χ4v) is 4.69. The van der Waals surface area contributed by atoms with Gasteiger partial charge in [0, 0.05) is 5.69 Å². The Balaban J connectivity index is 1.72. The molecular formula is C25H17F2N3O2S. The SMILES string of the molecule is N#C/C(C(=O)Nc1ccccc1F)=C1/S[C@H](Cc2ccc(F)cc2)C(=O)N1c1ccccc1. The molecule has 0 aliphatic carbocycles. The number of anilines is 2. The van der Waals surface area contributed by atoms with Crippen molar-refractivity contribution >= 4 is 35.0 Å². The molecular weight excluding hydrogens is 444 g/mol. The summed E-state index contributed by atoms with van der Waals surface area (Å²) in [5.74, 6) is -2.15. The number of nitriles is 1. The topological polar surface area (TPSA) is 73.2 Å². The van der Waals surface area contributed by atoms with Crippen LogP contribution in [0.3, 0.4) is 0 Å². The van der Waals surface area contributed by atoms with E-state index in [9.17, 15) is 23.6 Å². The summed E-state index contributed by atoms with van der Waals surface area (Å²) in [5.41, 5.74) is 0.866. The molecule has 3 aromatic rings. The molecule has 1 fully saturated rings. The molecule has 5 nitrogen and oxygen atoms in total. The first-order valence-electron chi connectivity index (χ1n) is 9.98. The highest BCUT2D eigenvalue weighted by atomic mass is 32.2. The van der Waals surface area contributed by atoms with Crippen LogP contribution in [0.4, 0.5) is 20.2 Å².